The van der Waals surface area contributed by atoms with Gasteiger partial charge in [-0.25, -0.2) is 9.59 Å². The Balaban J connectivity index is 1.85. The molecule has 0 unspecified atom stereocenters. The second-order valence-corrected chi connectivity index (χ2v) is 9.36. The summed E-state index contributed by atoms with van der Waals surface area (Å²) in [5, 5.41) is 0. The molecule has 0 aromatic carbocycles. The fourth-order valence-electron chi connectivity index (χ4n) is 3.83. The standard InChI is InChI=1S/C24H38N2O5/c1-7-20(21(27)29-6)9-8-19(2)10-13-25-16-17-30-24(18-25)11-14-26(15-12-24)22(28)31-23(3,4)5/h7-9H,1,10-18H2,2-6H3/b19-8+,20-9+. The van der Waals surface area contributed by atoms with E-state index in [0.717, 1.165) is 38.9 Å². The quantitative estimate of drug-likeness (QED) is 0.361. The maximum atomic E-state index is 12.3. The first kappa shape index (κ1) is 25.1. The van der Waals surface area contributed by atoms with Crippen molar-refractivity contribution in [1.29, 1.82) is 0 Å². The number of nitrogens with zero attached hydrogens (tertiary/aromatic N) is 2. The van der Waals surface area contributed by atoms with E-state index < -0.39 is 5.60 Å². The van der Waals surface area contributed by atoms with Gasteiger partial charge in [-0.05, 0) is 53.0 Å². The zero-order valence-electron chi connectivity index (χ0n) is 19.7. The number of hydrogen-bond donors (Lipinski definition) is 0. The number of ether oxygens (including phenoxy) is 3. The Morgan fingerprint density at radius 2 is 1.84 bits per heavy atom. The van der Waals surface area contributed by atoms with Crippen molar-refractivity contribution in [3.63, 3.8) is 0 Å². The molecule has 0 aliphatic carbocycles. The average Bonchev–Trinajstić information content (AvgIpc) is 2.71. The van der Waals surface area contributed by atoms with Crippen molar-refractivity contribution in [3.8, 4) is 0 Å². The number of morpholine rings is 1. The van der Waals surface area contributed by atoms with Crippen LogP contribution in [0, 0.1) is 0 Å². The number of carbonyl (C=O) groups excluding carboxylic acids is 2. The second kappa shape index (κ2) is 11.0. The van der Waals surface area contributed by atoms with Crippen LogP contribution in [0.15, 0.2) is 36.0 Å². The van der Waals surface area contributed by atoms with E-state index in [2.05, 4.69) is 18.4 Å². The Hall–Kier alpha value is -2.12. The van der Waals surface area contributed by atoms with E-state index in [1.54, 1.807) is 11.0 Å². The van der Waals surface area contributed by atoms with Gasteiger partial charge in [-0.15, -0.1) is 0 Å². The summed E-state index contributed by atoms with van der Waals surface area (Å²) in [5.74, 6) is -0.383. The van der Waals surface area contributed by atoms with Crippen molar-refractivity contribution in [2.75, 3.05) is 46.4 Å². The molecule has 0 bridgehead atoms. The molecule has 1 amide bonds. The van der Waals surface area contributed by atoms with Crippen molar-refractivity contribution < 1.29 is 23.8 Å². The summed E-state index contributed by atoms with van der Waals surface area (Å²) >= 11 is 0. The van der Waals surface area contributed by atoms with Gasteiger partial charge in [0.05, 0.1) is 24.9 Å². The fourth-order valence-corrected chi connectivity index (χ4v) is 3.83. The van der Waals surface area contributed by atoms with Gasteiger partial charge in [-0.3, -0.25) is 4.90 Å². The van der Waals surface area contributed by atoms with Gasteiger partial charge in [0.1, 0.15) is 5.60 Å². The second-order valence-electron chi connectivity index (χ2n) is 9.36. The van der Waals surface area contributed by atoms with Crippen molar-refractivity contribution in [3.05, 3.63) is 36.0 Å². The molecular weight excluding hydrogens is 396 g/mol. The summed E-state index contributed by atoms with van der Waals surface area (Å²) in [6.07, 6.45) is 7.51. The summed E-state index contributed by atoms with van der Waals surface area (Å²) in [7, 11) is 1.36. The molecule has 2 aliphatic heterocycles. The van der Waals surface area contributed by atoms with E-state index in [-0.39, 0.29) is 17.7 Å². The molecule has 0 aromatic rings. The molecule has 31 heavy (non-hydrogen) atoms. The van der Waals surface area contributed by atoms with Gasteiger partial charge in [0.15, 0.2) is 0 Å². The molecule has 2 heterocycles. The first-order chi connectivity index (χ1) is 14.6. The smallest absolute Gasteiger partial charge is 0.410 e. The average molecular weight is 435 g/mol. The lowest BCUT2D eigenvalue weighted by Crippen LogP contribution is -2.57. The van der Waals surface area contributed by atoms with Gasteiger partial charge in [-0.1, -0.05) is 24.3 Å². The van der Waals surface area contributed by atoms with Crippen LogP contribution in [0.4, 0.5) is 4.79 Å². The minimum atomic E-state index is -0.478. The summed E-state index contributed by atoms with van der Waals surface area (Å²) in [6, 6.07) is 0. The van der Waals surface area contributed by atoms with Crippen LogP contribution in [-0.4, -0.2) is 79.5 Å². The van der Waals surface area contributed by atoms with Crippen LogP contribution in [-0.2, 0) is 19.0 Å². The normalized spacial score (nSPS) is 20.5. The lowest BCUT2D eigenvalue weighted by molar-refractivity contribution is -0.135. The van der Waals surface area contributed by atoms with Gasteiger partial charge < -0.3 is 19.1 Å². The third-order valence-electron chi connectivity index (χ3n) is 5.66. The number of allylic oxidation sites excluding steroid dienone is 2. The van der Waals surface area contributed by atoms with Gasteiger partial charge >= 0.3 is 12.1 Å². The Labute approximate surface area is 186 Å². The van der Waals surface area contributed by atoms with E-state index in [1.165, 1.54) is 18.8 Å². The number of piperidine rings is 1. The molecule has 2 aliphatic rings. The maximum absolute atomic E-state index is 12.3. The number of methoxy groups -OCH3 is 1. The molecule has 0 atom stereocenters. The molecule has 7 heteroatoms. The molecule has 0 saturated carbocycles. The predicted molar refractivity (Wildman–Crippen MR) is 121 cm³/mol. The molecule has 0 N–H and O–H groups in total. The maximum Gasteiger partial charge on any atom is 0.410 e. The van der Waals surface area contributed by atoms with Gasteiger partial charge in [0, 0.05) is 32.7 Å². The largest absolute Gasteiger partial charge is 0.465 e. The number of rotatable bonds is 6. The van der Waals surface area contributed by atoms with Gasteiger partial charge in [0.25, 0.3) is 0 Å². The predicted octanol–water partition coefficient (Wildman–Crippen LogP) is 3.71. The van der Waals surface area contributed by atoms with Crippen LogP contribution in [0.3, 0.4) is 0 Å². The molecule has 2 rings (SSSR count). The molecule has 174 valence electrons. The lowest BCUT2D eigenvalue weighted by Gasteiger charge is -2.47. The zero-order valence-corrected chi connectivity index (χ0v) is 19.7. The van der Waals surface area contributed by atoms with E-state index in [0.29, 0.717) is 25.3 Å². The highest BCUT2D eigenvalue weighted by Crippen LogP contribution is 2.31. The Bertz CT molecular complexity index is 712. The number of likely N-dealkylation sites (tertiary alicyclic amines) is 1. The molecule has 1 spiro atoms. The number of esters is 1. The minimum Gasteiger partial charge on any atom is -0.465 e. The molecule has 0 radical (unpaired) electrons. The molecule has 7 nitrogen and oxygen atoms in total. The van der Waals surface area contributed by atoms with E-state index in [9.17, 15) is 9.59 Å². The molecule has 2 fully saturated rings. The Morgan fingerprint density at radius 3 is 2.42 bits per heavy atom. The van der Waals surface area contributed by atoms with Crippen LogP contribution >= 0.6 is 0 Å². The molecule has 2 saturated heterocycles. The highest BCUT2D eigenvalue weighted by Gasteiger charge is 2.41. The van der Waals surface area contributed by atoms with E-state index >= 15 is 0 Å². The highest BCUT2D eigenvalue weighted by molar-refractivity contribution is 5.91. The lowest BCUT2D eigenvalue weighted by atomic mass is 9.89. The van der Waals surface area contributed by atoms with Crippen molar-refractivity contribution in [1.82, 2.24) is 9.80 Å². The SMILES string of the molecule is C=C/C(=C\C=C(/C)CCN1CCOC2(CCN(C(=O)OC(C)(C)C)CC2)C1)C(=O)OC. The van der Waals surface area contributed by atoms with Crippen LogP contribution in [0.5, 0.6) is 0 Å². The zero-order chi connectivity index (χ0) is 23.1. The fraction of sp³-hybridized carbons (Fsp3) is 0.667. The van der Waals surface area contributed by atoms with E-state index in [4.69, 9.17) is 14.2 Å². The van der Waals surface area contributed by atoms with Crippen LogP contribution in [0.1, 0.15) is 47.0 Å². The molecule has 0 aromatic heterocycles. The van der Waals surface area contributed by atoms with E-state index in [1.807, 2.05) is 26.8 Å². The number of carbonyl (C=O) groups is 2. The summed E-state index contributed by atoms with van der Waals surface area (Å²) < 4.78 is 16.4. The highest BCUT2D eigenvalue weighted by atomic mass is 16.6. The van der Waals surface area contributed by atoms with Crippen molar-refractivity contribution in [2.24, 2.45) is 0 Å². The molecular formula is C24H38N2O5. The van der Waals surface area contributed by atoms with Crippen LogP contribution < -0.4 is 0 Å². The first-order valence-corrected chi connectivity index (χ1v) is 11.0. The Morgan fingerprint density at radius 1 is 1.16 bits per heavy atom. The third kappa shape index (κ3) is 7.82. The van der Waals surface area contributed by atoms with Gasteiger partial charge in [-0.2, -0.15) is 0 Å². The monoisotopic (exact) mass is 434 g/mol. The topological polar surface area (TPSA) is 68.3 Å². The third-order valence-corrected chi connectivity index (χ3v) is 5.66. The Kier molecular flexibility index (Phi) is 8.89. The minimum absolute atomic E-state index is 0.185. The summed E-state index contributed by atoms with van der Waals surface area (Å²) in [6.45, 7) is 16.1. The van der Waals surface area contributed by atoms with Crippen LogP contribution in [0.2, 0.25) is 0 Å². The van der Waals surface area contributed by atoms with Crippen molar-refractivity contribution >= 4 is 12.1 Å². The summed E-state index contributed by atoms with van der Waals surface area (Å²) in [5.41, 5.74) is 0.969. The summed E-state index contributed by atoms with van der Waals surface area (Å²) in [4.78, 5) is 28.2. The number of amides is 1. The first-order valence-electron chi connectivity index (χ1n) is 11.0. The van der Waals surface area contributed by atoms with Crippen molar-refractivity contribution in [2.45, 2.75) is 58.2 Å². The van der Waals surface area contributed by atoms with Gasteiger partial charge in [0.2, 0.25) is 0 Å². The number of hydrogen-bond acceptors (Lipinski definition) is 6. The van der Waals surface area contributed by atoms with Crippen LogP contribution in [0.25, 0.3) is 0 Å².